The highest BCUT2D eigenvalue weighted by Gasteiger charge is 2.27. The van der Waals surface area contributed by atoms with E-state index < -0.39 is 26.0 Å². The van der Waals surface area contributed by atoms with Crippen molar-refractivity contribution in [3.63, 3.8) is 0 Å². The molecule has 2 aromatic carbocycles. The van der Waals surface area contributed by atoms with Gasteiger partial charge in [-0.2, -0.15) is 13.0 Å². The number of ether oxygens (including phenoxy) is 2. The number of aromatic nitrogens is 1. The van der Waals surface area contributed by atoms with Gasteiger partial charge in [-0.25, -0.2) is 8.42 Å². The van der Waals surface area contributed by atoms with Crippen LogP contribution in [0.5, 0.6) is 11.5 Å². The first-order valence-corrected chi connectivity index (χ1v) is 17.7. The van der Waals surface area contributed by atoms with Gasteiger partial charge in [-0.1, -0.05) is 29.9 Å². The molecular formula is C28H33ClN2O8S3. The maximum absolute atomic E-state index is 11.2. The fraction of sp³-hybridized carbons (Fsp3) is 0.393. The molecule has 1 aliphatic heterocycles. The topological polar surface area (TPSA) is 137 Å². The van der Waals surface area contributed by atoms with Crippen LogP contribution in [0.1, 0.15) is 43.2 Å². The van der Waals surface area contributed by atoms with Crippen LogP contribution in [0.25, 0.3) is 16.3 Å². The number of hydrogen-bond donors (Lipinski definition) is 1. The SMILES string of the molecule is CCC(=Cc1sc2cc(OC)c(C)cc2[n+]1CCCCS(=O)(=O)O)C=C1Oc2ccc(Cl)cc2N1CCCS(=O)(=O)[O-]. The summed E-state index contributed by atoms with van der Waals surface area (Å²) in [5.74, 6) is 1.03. The molecule has 0 atom stereocenters. The van der Waals surface area contributed by atoms with Gasteiger partial charge >= 0.3 is 0 Å². The van der Waals surface area contributed by atoms with Crippen molar-refractivity contribution >= 4 is 65.2 Å². The number of thiazole rings is 1. The fourth-order valence-corrected chi connectivity index (χ4v) is 7.11. The van der Waals surface area contributed by atoms with Crippen molar-refractivity contribution in [3.8, 4) is 11.5 Å². The molecule has 0 bridgehead atoms. The van der Waals surface area contributed by atoms with Gasteiger partial charge in [0.2, 0.25) is 11.4 Å². The summed E-state index contributed by atoms with van der Waals surface area (Å²) in [6.07, 6.45) is 5.55. The zero-order chi connectivity index (χ0) is 30.7. The molecule has 0 aliphatic carbocycles. The molecule has 228 valence electrons. The van der Waals surface area contributed by atoms with Gasteiger partial charge < -0.3 is 18.9 Å². The van der Waals surface area contributed by atoms with Crippen LogP contribution >= 0.6 is 22.9 Å². The Morgan fingerprint density at radius 1 is 1.17 bits per heavy atom. The lowest BCUT2D eigenvalue weighted by Gasteiger charge is -2.19. The first-order valence-electron chi connectivity index (χ1n) is 13.3. The summed E-state index contributed by atoms with van der Waals surface area (Å²) < 4.78 is 80.1. The highest BCUT2D eigenvalue weighted by Crippen LogP contribution is 2.41. The predicted molar refractivity (Wildman–Crippen MR) is 164 cm³/mol. The number of benzene rings is 2. The van der Waals surface area contributed by atoms with Crippen molar-refractivity contribution in [2.75, 3.05) is 30.1 Å². The Morgan fingerprint density at radius 3 is 2.60 bits per heavy atom. The van der Waals surface area contributed by atoms with E-state index in [4.69, 9.17) is 25.6 Å². The lowest BCUT2D eigenvalue weighted by molar-refractivity contribution is -0.669. The van der Waals surface area contributed by atoms with Gasteiger partial charge in [-0.15, -0.1) is 0 Å². The molecule has 0 radical (unpaired) electrons. The fourth-order valence-electron chi connectivity index (χ4n) is 4.72. The molecule has 3 aromatic rings. The number of rotatable bonds is 13. The molecule has 0 saturated heterocycles. The van der Waals surface area contributed by atoms with Crippen molar-refractivity contribution < 1.29 is 40.0 Å². The molecule has 14 heteroatoms. The monoisotopic (exact) mass is 656 g/mol. The highest BCUT2D eigenvalue weighted by molar-refractivity contribution is 7.85. The molecule has 1 aliphatic rings. The summed E-state index contributed by atoms with van der Waals surface area (Å²) >= 11 is 7.80. The smallest absolute Gasteiger partial charge is 0.264 e. The molecule has 0 unspecified atom stereocenters. The summed E-state index contributed by atoms with van der Waals surface area (Å²) in [4.78, 5) is 1.82. The van der Waals surface area contributed by atoms with E-state index in [1.807, 2.05) is 43.0 Å². The van der Waals surface area contributed by atoms with Crippen molar-refractivity contribution in [1.29, 1.82) is 0 Å². The van der Waals surface area contributed by atoms with Crippen LogP contribution in [0.15, 0.2) is 47.9 Å². The molecule has 4 rings (SSSR count). The number of fused-ring (bicyclic) bond motifs is 2. The number of anilines is 1. The van der Waals surface area contributed by atoms with Gasteiger partial charge in [-0.3, -0.25) is 4.55 Å². The number of allylic oxidation sites excluding steroid dienone is 2. The van der Waals surface area contributed by atoms with Gasteiger partial charge in [0.05, 0.1) is 28.7 Å². The van der Waals surface area contributed by atoms with E-state index in [-0.39, 0.29) is 18.7 Å². The Kier molecular flexibility index (Phi) is 10.2. The van der Waals surface area contributed by atoms with Crippen molar-refractivity contribution in [2.45, 2.75) is 46.1 Å². The minimum Gasteiger partial charge on any atom is -0.748 e. The molecule has 1 N–H and O–H groups in total. The van der Waals surface area contributed by atoms with E-state index in [0.29, 0.717) is 48.1 Å². The minimum atomic E-state index is -4.36. The van der Waals surface area contributed by atoms with Crippen LogP contribution in [0.4, 0.5) is 5.69 Å². The van der Waals surface area contributed by atoms with Crippen molar-refractivity contribution in [3.05, 3.63) is 63.5 Å². The highest BCUT2D eigenvalue weighted by atomic mass is 35.5. The second-order valence-corrected chi connectivity index (χ2v) is 14.5. The molecule has 0 fully saturated rings. The van der Waals surface area contributed by atoms with Crippen molar-refractivity contribution in [1.82, 2.24) is 0 Å². The van der Waals surface area contributed by atoms with Gasteiger partial charge in [-0.05, 0) is 55.5 Å². The number of unbranched alkanes of at least 4 members (excludes halogenated alkanes) is 1. The standard InChI is InChI=1S/C28H33ClN2O8S3/c1-4-20(15-27-30(11-7-13-42(35,36)37)22-17-21(29)8-9-24(22)39-27)16-28-31(10-5-6-12-41(32,33)34)23-14-19(2)25(38-3)18-26(23)40-28/h8-9,14-18H,4-7,10-13H2,1-3H3,(H-,32,33,34,35,36,37). The number of nitrogens with zero attached hydrogens (tertiary/aromatic N) is 2. The largest absolute Gasteiger partial charge is 0.748 e. The third-order valence-electron chi connectivity index (χ3n) is 6.78. The molecule has 42 heavy (non-hydrogen) atoms. The van der Waals surface area contributed by atoms with E-state index in [2.05, 4.69) is 4.57 Å². The van der Waals surface area contributed by atoms with Crippen LogP contribution in [0.2, 0.25) is 5.02 Å². The van der Waals surface area contributed by atoms with Gasteiger partial charge in [0.25, 0.3) is 15.1 Å². The predicted octanol–water partition coefficient (Wildman–Crippen LogP) is 5.30. The Labute approximate surface area is 255 Å². The molecule has 1 aromatic heterocycles. The van der Waals surface area contributed by atoms with E-state index in [1.54, 1.807) is 36.6 Å². The lowest BCUT2D eigenvalue weighted by Crippen LogP contribution is -2.35. The Hall–Kier alpha value is -2.68. The quantitative estimate of drug-likeness (QED) is 0.148. The summed E-state index contributed by atoms with van der Waals surface area (Å²) in [6, 6.07) is 9.21. The Bertz CT molecular complexity index is 1750. The second-order valence-electron chi connectivity index (χ2n) is 9.91. The zero-order valence-electron chi connectivity index (χ0n) is 23.5. The van der Waals surface area contributed by atoms with Crippen LogP contribution in [-0.2, 0) is 26.8 Å². The summed E-state index contributed by atoms with van der Waals surface area (Å²) in [6.45, 7) is 4.75. The summed E-state index contributed by atoms with van der Waals surface area (Å²) in [5.41, 5.74) is 3.56. The molecule has 2 heterocycles. The van der Waals surface area contributed by atoms with E-state index in [0.717, 1.165) is 32.1 Å². The maximum atomic E-state index is 11.2. The van der Waals surface area contributed by atoms with Crippen LogP contribution in [-0.4, -0.2) is 51.1 Å². The van der Waals surface area contributed by atoms with Crippen LogP contribution < -0.4 is 18.9 Å². The molecule has 0 saturated carbocycles. The molecular weight excluding hydrogens is 624 g/mol. The molecule has 10 nitrogen and oxygen atoms in total. The van der Waals surface area contributed by atoms with Crippen LogP contribution in [0.3, 0.4) is 0 Å². The van der Waals surface area contributed by atoms with E-state index in [1.165, 1.54) is 0 Å². The van der Waals surface area contributed by atoms with Crippen molar-refractivity contribution in [2.24, 2.45) is 0 Å². The number of halogens is 1. The Morgan fingerprint density at radius 2 is 1.93 bits per heavy atom. The first-order chi connectivity index (χ1) is 19.8. The van der Waals surface area contributed by atoms with Gasteiger partial charge in [0.1, 0.15) is 10.4 Å². The lowest BCUT2D eigenvalue weighted by atomic mass is 10.1. The average molecular weight is 657 g/mol. The molecule has 0 spiro atoms. The third-order valence-corrected chi connectivity index (χ3v) is 9.70. The first kappa shape index (κ1) is 32.2. The third kappa shape index (κ3) is 8.23. The van der Waals surface area contributed by atoms with E-state index in [9.17, 15) is 21.4 Å². The average Bonchev–Trinajstić information content (AvgIpc) is 3.40. The van der Waals surface area contributed by atoms with Gasteiger partial charge in [0.15, 0.2) is 12.3 Å². The Balaban J connectivity index is 1.72. The molecule has 0 amide bonds. The minimum absolute atomic E-state index is 0.116. The van der Waals surface area contributed by atoms with Gasteiger partial charge in [0, 0.05) is 48.0 Å². The number of methoxy groups -OCH3 is 1. The van der Waals surface area contributed by atoms with E-state index >= 15 is 0 Å². The maximum Gasteiger partial charge on any atom is 0.264 e. The van der Waals surface area contributed by atoms with Crippen LogP contribution in [0, 0.1) is 6.92 Å². The second kappa shape index (κ2) is 13.3. The number of aryl methyl sites for hydroxylation is 2. The normalized spacial score (nSPS) is 15.0. The summed E-state index contributed by atoms with van der Waals surface area (Å²) in [7, 11) is -6.78. The zero-order valence-corrected chi connectivity index (χ0v) is 26.7. The number of hydrogen-bond acceptors (Lipinski definition) is 9. The summed E-state index contributed by atoms with van der Waals surface area (Å²) in [5, 5.41) is 1.43.